The maximum Gasteiger partial charge on any atom is 0.161 e. The second-order valence-electron chi connectivity index (χ2n) is 2.72. The van der Waals surface area contributed by atoms with E-state index >= 15 is 0 Å². The Morgan fingerprint density at radius 2 is 1.69 bits per heavy atom. The average Bonchev–Trinajstić information content (AvgIpc) is 2.16. The molecule has 0 saturated carbocycles. The summed E-state index contributed by atoms with van der Waals surface area (Å²) in [6.45, 7) is 6.92. The first kappa shape index (κ1) is 14.8. The van der Waals surface area contributed by atoms with Crippen molar-refractivity contribution in [2.45, 2.75) is 45.3 Å². The Morgan fingerprint density at radius 1 is 1.23 bits per heavy atom. The summed E-state index contributed by atoms with van der Waals surface area (Å²) >= 11 is 0. The lowest BCUT2D eigenvalue weighted by Gasteiger charge is -2.15. The summed E-state index contributed by atoms with van der Waals surface area (Å²) < 4.78 is 0. The molecule has 13 heavy (non-hydrogen) atoms. The molecule has 0 atom stereocenters. The first-order valence-electron chi connectivity index (χ1n) is 4.53. The van der Waals surface area contributed by atoms with E-state index in [1.807, 2.05) is 0 Å². The number of aliphatic hydroxyl groups is 2. The molecule has 0 aliphatic rings. The molecule has 0 aromatic carbocycles. The number of rotatable bonds is 5. The van der Waals surface area contributed by atoms with Crippen molar-refractivity contribution in [1.29, 1.82) is 0 Å². The van der Waals surface area contributed by atoms with E-state index in [4.69, 9.17) is 10.2 Å². The minimum Gasteiger partial charge on any atom is -0.366 e. The van der Waals surface area contributed by atoms with Crippen LogP contribution in [0.2, 0.25) is 0 Å². The van der Waals surface area contributed by atoms with E-state index in [0.29, 0.717) is 19.3 Å². The van der Waals surface area contributed by atoms with E-state index in [2.05, 4.69) is 6.58 Å². The zero-order valence-corrected chi connectivity index (χ0v) is 8.49. The second kappa shape index (κ2) is 9.42. The van der Waals surface area contributed by atoms with Crippen LogP contribution in [0.25, 0.3) is 0 Å². The Bertz CT molecular complexity index is 116. The second-order valence-corrected chi connectivity index (χ2v) is 2.72. The highest BCUT2D eigenvalue weighted by Crippen LogP contribution is 2.07. The lowest BCUT2D eigenvalue weighted by molar-refractivity contribution is -0.163. The van der Waals surface area contributed by atoms with Crippen LogP contribution in [0.15, 0.2) is 12.7 Å². The summed E-state index contributed by atoms with van der Waals surface area (Å²) in [7, 11) is 0. The van der Waals surface area contributed by atoms with Gasteiger partial charge in [-0.2, -0.15) is 0 Å². The first-order chi connectivity index (χ1) is 6.04. The maximum absolute atomic E-state index is 9.52. The third kappa shape index (κ3) is 14.2. The summed E-state index contributed by atoms with van der Waals surface area (Å²) in [6.07, 6.45) is 4.86. The van der Waals surface area contributed by atoms with Crippen molar-refractivity contribution in [3.05, 3.63) is 12.7 Å². The van der Waals surface area contributed by atoms with Crippen LogP contribution in [0.3, 0.4) is 0 Å². The fourth-order valence-electron chi connectivity index (χ4n) is 0.436. The quantitative estimate of drug-likeness (QED) is 0.298. The zero-order valence-electron chi connectivity index (χ0n) is 8.49. The molecule has 2 N–H and O–H groups in total. The van der Waals surface area contributed by atoms with Crippen LogP contribution in [0.5, 0.6) is 0 Å². The largest absolute Gasteiger partial charge is 0.366 e. The predicted molar refractivity (Wildman–Crippen MR) is 53.2 cm³/mol. The van der Waals surface area contributed by atoms with Gasteiger partial charge in [-0.3, -0.25) is 0 Å². The van der Waals surface area contributed by atoms with E-state index in [0.717, 1.165) is 12.7 Å². The van der Waals surface area contributed by atoms with E-state index in [-0.39, 0.29) is 0 Å². The van der Waals surface area contributed by atoms with Crippen molar-refractivity contribution < 1.29 is 15.0 Å². The van der Waals surface area contributed by atoms with Gasteiger partial charge in [-0.1, -0.05) is 19.9 Å². The lowest BCUT2D eigenvalue weighted by Crippen LogP contribution is -2.24. The van der Waals surface area contributed by atoms with Crippen molar-refractivity contribution in [1.82, 2.24) is 0 Å². The molecule has 0 rings (SSSR count). The Morgan fingerprint density at radius 3 is 1.77 bits per heavy atom. The van der Waals surface area contributed by atoms with Gasteiger partial charge in [0.05, 0.1) is 0 Å². The number of allylic oxidation sites excluding steroid dienone is 1. The molecule has 3 nitrogen and oxygen atoms in total. The normalized spacial score (nSPS) is 9.85. The summed E-state index contributed by atoms with van der Waals surface area (Å²) in [5.74, 6) is -1.42. The molecule has 0 fully saturated rings. The number of carbonyl (C=O) groups excluding carboxylic acids is 1. The molecule has 0 aliphatic carbocycles. The fourth-order valence-corrected chi connectivity index (χ4v) is 0.436. The highest BCUT2D eigenvalue weighted by atomic mass is 16.5. The molecule has 0 bridgehead atoms. The maximum atomic E-state index is 9.52. The van der Waals surface area contributed by atoms with Crippen molar-refractivity contribution in [2.75, 3.05) is 0 Å². The number of hydrogen-bond donors (Lipinski definition) is 2. The summed E-state index contributed by atoms with van der Waals surface area (Å²) in [5.41, 5.74) is 0. The summed E-state index contributed by atoms with van der Waals surface area (Å²) in [5, 5.41) is 17.4. The van der Waals surface area contributed by atoms with Crippen molar-refractivity contribution in [3.8, 4) is 0 Å². The molecule has 0 spiro atoms. The SMILES string of the molecule is C=CCCC=O.CCC(O)(O)CC. The average molecular weight is 188 g/mol. The topological polar surface area (TPSA) is 57.5 Å². The van der Waals surface area contributed by atoms with Crippen LogP contribution >= 0.6 is 0 Å². The molecule has 0 saturated heterocycles. The molecule has 0 aromatic rings. The van der Waals surface area contributed by atoms with Gasteiger partial charge in [-0.05, 0) is 19.3 Å². The smallest absolute Gasteiger partial charge is 0.161 e. The number of hydrogen-bond acceptors (Lipinski definition) is 3. The van der Waals surface area contributed by atoms with Crippen molar-refractivity contribution >= 4 is 6.29 Å². The third-order valence-electron chi connectivity index (χ3n) is 1.62. The molecule has 0 amide bonds. The molecule has 0 aliphatic heterocycles. The molecule has 0 unspecified atom stereocenters. The Labute approximate surface area is 80.1 Å². The van der Waals surface area contributed by atoms with Gasteiger partial charge < -0.3 is 15.0 Å². The first-order valence-corrected chi connectivity index (χ1v) is 4.53. The summed E-state index contributed by atoms with van der Waals surface area (Å²) in [6, 6.07) is 0. The van der Waals surface area contributed by atoms with Crippen LogP contribution in [-0.4, -0.2) is 22.3 Å². The number of unbranched alkanes of at least 4 members (excludes halogenated alkanes) is 1. The van der Waals surface area contributed by atoms with E-state index in [1.165, 1.54) is 0 Å². The molecule has 3 heteroatoms. The van der Waals surface area contributed by atoms with Gasteiger partial charge in [0.2, 0.25) is 0 Å². The Kier molecular flexibility index (Phi) is 10.7. The van der Waals surface area contributed by atoms with Crippen LogP contribution in [0.4, 0.5) is 0 Å². The van der Waals surface area contributed by atoms with Crippen LogP contribution < -0.4 is 0 Å². The monoisotopic (exact) mass is 188 g/mol. The number of aldehydes is 1. The highest BCUT2D eigenvalue weighted by molar-refractivity contribution is 5.49. The van der Waals surface area contributed by atoms with E-state index in [1.54, 1.807) is 19.9 Å². The van der Waals surface area contributed by atoms with Gasteiger partial charge in [0.1, 0.15) is 6.29 Å². The van der Waals surface area contributed by atoms with Gasteiger partial charge in [-0.25, -0.2) is 0 Å². The minimum absolute atomic E-state index is 0.406. The van der Waals surface area contributed by atoms with Gasteiger partial charge >= 0.3 is 0 Å². The molecule has 0 aromatic heterocycles. The van der Waals surface area contributed by atoms with E-state index < -0.39 is 5.79 Å². The predicted octanol–water partition coefficient (Wildman–Crippen LogP) is 1.64. The molecular weight excluding hydrogens is 168 g/mol. The molecule has 0 heterocycles. The standard InChI is InChI=1S/C5H12O2.C5H8O/c1-3-5(6,7)4-2;1-2-3-4-5-6/h6-7H,3-4H2,1-2H3;2,5H,1,3-4H2. The van der Waals surface area contributed by atoms with Gasteiger partial charge in [0.15, 0.2) is 5.79 Å². The Hall–Kier alpha value is -0.670. The fraction of sp³-hybridized carbons (Fsp3) is 0.700. The molecule has 78 valence electrons. The minimum atomic E-state index is -1.42. The molecular formula is C10H20O3. The van der Waals surface area contributed by atoms with Gasteiger partial charge in [-0.15, -0.1) is 6.58 Å². The summed E-state index contributed by atoms with van der Waals surface area (Å²) in [4.78, 5) is 9.52. The van der Waals surface area contributed by atoms with Crippen LogP contribution in [-0.2, 0) is 4.79 Å². The highest BCUT2D eigenvalue weighted by Gasteiger charge is 2.14. The number of carbonyl (C=O) groups is 1. The van der Waals surface area contributed by atoms with Gasteiger partial charge in [0, 0.05) is 6.42 Å². The zero-order chi connectivity index (χ0) is 10.7. The Balaban J connectivity index is 0. The lowest BCUT2D eigenvalue weighted by atomic mass is 10.2. The van der Waals surface area contributed by atoms with Gasteiger partial charge in [0.25, 0.3) is 0 Å². The van der Waals surface area contributed by atoms with Crippen molar-refractivity contribution in [2.24, 2.45) is 0 Å². The van der Waals surface area contributed by atoms with Crippen molar-refractivity contribution in [3.63, 3.8) is 0 Å². The third-order valence-corrected chi connectivity index (χ3v) is 1.62. The van der Waals surface area contributed by atoms with Crippen LogP contribution in [0, 0.1) is 0 Å². The van der Waals surface area contributed by atoms with E-state index in [9.17, 15) is 4.79 Å². The van der Waals surface area contributed by atoms with Crippen LogP contribution in [0.1, 0.15) is 39.5 Å². The molecule has 0 radical (unpaired) electrons.